The van der Waals surface area contributed by atoms with Crippen molar-refractivity contribution in [3.63, 3.8) is 0 Å². The van der Waals surface area contributed by atoms with Crippen LogP contribution in [0.25, 0.3) is 0 Å². The summed E-state index contributed by atoms with van der Waals surface area (Å²) >= 11 is 2.02. The molecule has 4 heteroatoms. The van der Waals surface area contributed by atoms with E-state index < -0.39 is 0 Å². The summed E-state index contributed by atoms with van der Waals surface area (Å²) in [6, 6.07) is 7.00. The fourth-order valence-electron chi connectivity index (χ4n) is 4.20. The Balaban J connectivity index is 1.70. The van der Waals surface area contributed by atoms with Crippen LogP contribution in [0.15, 0.2) is 18.2 Å². The van der Waals surface area contributed by atoms with E-state index in [1.54, 1.807) is 7.11 Å². The SMILES string of the molecule is CCCC1CCc2cccc(OC)c2C1NCCN1CCCCS1. The first-order valence-corrected chi connectivity index (χ1v) is 10.5. The van der Waals surface area contributed by atoms with E-state index >= 15 is 0 Å². The van der Waals surface area contributed by atoms with Gasteiger partial charge < -0.3 is 10.1 Å². The van der Waals surface area contributed by atoms with Crippen LogP contribution in [0.5, 0.6) is 5.75 Å². The molecule has 1 N–H and O–H groups in total. The zero-order valence-electron chi connectivity index (χ0n) is 15.2. The second-order valence-corrected chi connectivity index (χ2v) is 8.20. The topological polar surface area (TPSA) is 24.5 Å². The molecule has 1 aromatic rings. The highest BCUT2D eigenvalue weighted by Crippen LogP contribution is 2.41. The highest BCUT2D eigenvalue weighted by Gasteiger charge is 2.31. The highest BCUT2D eigenvalue weighted by atomic mass is 32.2. The lowest BCUT2D eigenvalue weighted by atomic mass is 9.77. The Hall–Kier alpha value is -0.710. The maximum Gasteiger partial charge on any atom is 0.123 e. The average molecular weight is 349 g/mol. The molecule has 1 aliphatic heterocycles. The van der Waals surface area contributed by atoms with Gasteiger partial charge >= 0.3 is 0 Å². The molecule has 0 amide bonds. The van der Waals surface area contributed by atoms with Crippen LogP contribution in [0, 0.1) is 5.92 Å². The first kappa shape index (κ1) is 18.1. The molecule has 3 rings (SSSR count). The van der Waals surface area contributed by atoms with E-state index in [0.717, 1.165) is 24.8 Å². The number of nitrogens with zero attached hydrogens (tertiary/aromatic N) is 1. The summed E-state index contributed by atoms with van der Waals surface area (Å²) < 4.78 is 8.25. The van der Waals surface area contributed by atoms with Crippen LogP contribution in [0.2, 0.25) is 0 Å². The summed E-state index contributed by atoms with van der Waals surface area (Å²) in [6.07, 6.45) is 7.77. The number of methoxy groups -OCH3 is 1. The molecule has 2 aliphatic rings. The Morgan fingerprint density at radius 3 is 3.00 bits per heavy atom. The molecule has 3 nitrogen and oxygen atoms in total. The molecule has 2 atom stereocenters. The summed E-state index contributed by atoms with van der Waals surface area (Å²) in [4.78, 5) is 0. The third kappa shape index (κ3) is 4.27. The van der Waals surface area contributed by atoms with Gasteiger partial charge in [0.05, 0.1) is 7.11 Å². The second-order valence-electron chi connectivity index (χ2n) is 7.02. The lowest BCUT2D eigenvalue weighted by molar-refractivity contribution is 0.282. The van der Waals surface area contributed by atoms with Crippen LogP contribution < -0.4 is 10.1 Å². The van der Waals surface area contributed by atoms with Crippen molar-refractivity contribution in [1.29, 1.82) is 0 Å². The minimum absolute atomic E-state index is 0.444. The molecule has 1 heterocycles. The van der Waals surface area contributed by atoms with Crippen LogP contribution in [0.4, 0.5) is 0 Å². The van der Waals surface area contributed by atoms with Gasteiger partial charge in [-0.2, -0.15) is 0 Å². The van der Waals surface area contributed by atoms with E-state index in [9.17, 15) is 0 Å². The number of benzene rings is 1. The van der Waals surface area contributed by atoms with Crippen molar-refractivity contribution in [3.8, 4) is 5.75 Å². The standard InChI is InChI=1S/C20H32N2OS/c1-3-7-17-11-10-16-8-6-9-18(23-2)19(16)20(17)21-12-14-22-13-4-5-15-24-22/h6,8-9,17,20-21H,3-5,7,10-15H2,1-2H3. The number of rotatable bonds is 7. The fourth-order valence-corrected chi connectivity index (χ4v) is 5.27. The van der Waals surface area contributed by atoms with Crippen molar-refractivity contribution >= 4 is 11.9 Å². The zero-order chi connectivity index (χ0) is 16.8. The summed E-state index contributed by atoms with van der Waals surface area (Å²) in [7, 11) is 1.81. The van der Waals surface area contributed by atoms with Gasteiger partial charge in [0.15, 0.2) is 0 Å². The molecule has 0 saturated carbocycles. The predicted molar refractivity (Wildman–Crippen MR) is 104 cm³/mol. The molecule has 0 aromatic heterocycles. The molecule has 1 saturated heterocycles. The summed E-state index contributed by atoms with van der Waals surface area (Å²) in [6.45, 7) is 5.76. The minimum Gasteiger partial charge on any atom is -0.496 e. The lowest BCUT2D eigenvalue weighted by Crippen LogP contribution is -2.37. The van der Waals surface area contributed by atoms with Crippen LogP contribution in [-0.2, 0) is 6.42 Å². The second kappa shape index (κ2) is 9.12. The smallest absolute Gasteiger partial charge is 0.123 e. The summed E-state index contributed by atoms with van der Waals surface area (Å²) in [5.74, 6) is 3.09. The van der Waals surface area contributed by atoms with Crippen molar-refractivity contribution < 1.29 is 4.74 Å². The first-order chi connectivity index (χ1) is 11.8. The maximum absolute atomic E-state index is 5.71. The Morgan fingerprint density at radius 2 is 2.25 bits per heavy atom. The molecule has 1 fully saturated rings. The molecule has 0 spiro atoms. The number of nitrogens with one attached hydrogen (secondary N) is 1. The van der Waals surface area contributed by atoms with Crippen LogP contribution in [0.3, 0.4) is 0 Å². The average Bonchev–Trinajstić information content (AvgIpc) is 2.63. The number of hydrogen-bond donors (Lipinski definition) is 1. The van der Waals surface area contributed by atoms with Gasteiger partial charge in [0.2, 0.25) is 0 Å². The third-order valence-electron chi connectivity index (χ3n) is 5.40. The van der Waals surface area contributed by atoms with E-state index in [0.29, 0.717) is 6.04 Å². The quantitative estimate of drug-likeness (QED) is 0.737. The summed E-state index contributed by atoms with van der Waals surface area (Å²) in [5.41, 5.74) is 2.91. The monoisotopic (exact) mass is 348 g/mol. The Bertz CT molecular complexity index is 502. The van der Waals surface area contributed by atoms with Gasteiger partial charge in [0.25, 0.3) is 0 Å². The van der Waals surface area contributed by atoms with Crippen molar-refractivity contribution in [2.24, 2.45) is 5.92 Å². The van der Waals surface area contributed by atoms with Crippen molar-refractivity contribution in [3.05, 3.63) is 29.3 Å². The van der Waals surface area contributed by atoms with Crippen molar-refractivity contribution in [2.45, 2.75) is 51.5 Å². The lowest BCUT2D eigenvalue weighted by Gasteiger charge is -2.36. The normalized spacial score (nSPS) is 24.6. The van der Waals surface area contributed by atoms with E-state index in [-0.39, 0.29) is 0 Å². The van der Waals surface area contributed by atoms with Crippen LogP contribution in [0.1, 0.15) is 56.2 Å². The van der Waals surface area contributed by atoms with Crippen molar-refractivity contribution in [2.75, 3.05) is 32.5 Å². The number of hydrogen-bond acceptors (Lipinski definition) is 4. The first-order valence-electron chi connectivity index (χ1n) is 9.60. The molecule has 1 aromatic carbocycles. The largest absolute Gasteiger partial charge is 0.496 e. The number of aryl methyl sites for hydroxylation is 1. The Labute approximate surface area is 151 Å². The molecule has 0 bridgehead atoms. The number of ether oxygens (including phenoxy) is 1. The van der Waals surface area contributed by atoms with Crippen molar-refractivity contribution in [1.82, 2.24) is 9.62 Å². The Kier molecular flexibility index (Phi) is 6.87. The van der Waals surface area contributed by atoms with Gasteiger partial charge in [0, 0.05) is 37.0 Å². The molecular formula is C20H32N2OS. The molecule has 2 unspecified atom stereocenters. The van der Waals surface area contributed by atoms with E-state index in [2.05, 4.69) is 34.7 Å². The van der Waals surface area contributed by atoms with E-state index in [4.69, 9.17) is 4.74 Å². The molecule has 0 radical (unpaired) electrons. The van der Waals surface area contributed by atoms with E-state index in [1.807, 2.05) is 11.9 Å². The molecule has 24 heavy (non-hydrogen) atoms. The van der Waals surface area contributed by atoms with E-state index in [1.165, 1.54) is 61.9 Å². The number of fused-ring (bicyclic) bond motifs is 1. The predicted octanol–water partition coefficient (Wildman–Crippen LogP) is 4.43. The molecule has 134 valence electrons. The van der Waals surface area contributed by atoms with Gasteiger partial charge in [-0.1, -0.05) is 37.4 Å². The Morgan fingerprint density at radius 1 is 1.33 bits per heavy atom. The zero-order valence-corrected chi connectivity index (χ0v) is 16.0. The van der Waals surface area contributed by atoms with Gasteiger partial charge in [-0.05, 0) is 49.7 Å². The van der Waals surface area contributed by atoms with Crippen LogP contribution >= 0.6 is 11.9 Å². The molecular weight excluding hydrogens is 316 g/mol. The highest BCUT2D eigenvalue weighted by molar-refractivity contribution is 7.97. The van der Waals surface area contributed by atoms with Crippen LogP contribution in [-0.4, -0.2) is 36.8 Å². The van der Waals surface area contributed by atoms with Gasteiger partial charge in [-0.3, -0.25) is 0 Å². The fraction of sp³-hybridized carbons (Fsp3) is 0.700. The molecule has 1 aliphatic carbocycles. The maximum atomic E-state index is 5.71. The third-order valence-corrected chi connectivity index (χ3v) is 6.61. The summed E-state index contributed by atoms with van der Waals surface area (Å²) in [5, 5.41) is 3.90. The van der Waals surface area contributed by atoms with Gasteiger partial charge in [0.1, 0.15) is 5.75 Å². The minimum atomic E-state index is 0.444. The van der Waals surface area contributed by atoms with Gasteiger partial charge in [-0.25, -0.2) is 4.31 Å². The van der Waals surface area contributed by atoms with Gasteiger partial charge in [-0.15, -0.1) is 0 Å².